The van der Waals surface area contributed by atoms with Gasteiger partial charge in [0.2, 0.25) is 11.8 Å². The maximum atomic E-state index is 13.7. The largest absolute Gasteiger partial charge is 0.379 e. The summed E-state index contributed by atoms with van der Waals surface area (Å²) in [4.78, 5) is 30.6. The Bertz CT molecular complexity index is 823. The highest BCUT2D eigenvalue weighted by Crippen LogP contribution is 2.32. The van der Waals surface area contributed by atoms with Crippen molar-refractivity contribution in [3.05, 3.63) is 0 Å². The second-order valence-corrected chi connectivity index (χ2v) is 13.1. The van der Waals surface area contributed by atoms with Crippen molar-refractivity contribution >= 4 is 11.8 Å². The number of piperidine rings is 2. The molecule has 0 bridgehead atoms. The lowest BCUT2D eigenvalue weighted by Gasteiger charge is -2.52. The van der Waals surface area contributed by atoms with Crippen LogP contribution in [0.25, 0.3) is 0 Å². The Morgan fingerprint density at radius 3 is 2.51 bits per heavy atom. The lowest BCUT2D eigenvalue weighted by Crippen LogP contribution is -3.26. The van der Waals surface area contributed by atoms with Crippen LogP contribution in [-0.4, -0.2) is 81.3 Å². The average Bonchev–Trinajstić information content (AvgIpc) is 2.97. The molecule has 5 N–H and O–H groups in total. The molecule has 9 nitrogen and oxygen atoms in total. The van der Waals surface area contributed by atoms with Gasteiger partial charge in [0.25, 0.3) is 0 Å². The Hall–Kier alpha value is -1.26. The van der Waals surface area contributed by atoms with Crippen LogP contribution >= 0.6 is 0 Å². The standard InChI is InChI=1S/C30H53N5O4/c1-38-24-12-11-21(18-25(24)39-2)13-15-32-29(36)22-19-23-28(33-26-10-6-7-16-34(26)30(23)37)35(27(22)31)17-14-20-8-4-3-5-9-20/h20-28,33H,3-19,31H2,1-2H3,(H,32,36)/p+1. The smallest absolute Gasteiger partial charge is 0.234 e. The highest BCUT2D eigenvalue weighted by Gasteiger charge is 2.55. The molecule has 0 radical (unpaired) electrons. The molecular formula is C30H54N5O4+. The number of rotatable bonds is 9. The summed E-state index contributed by atoms with van der Waals surface area (Å²) < 4.78 is 11.2. The Balaban J connectivity index is 1.22. The van der Waals surface area contributed by atoms with E-state index in [0.29, 0.717) is 18.9 Å². The number of carbonyl (C=O) groups is 2. The van der Waals surface area contributed by atoms with E-state index in [9.17, 15) is 9.59 Å². The Morgan fingerprint density at radius 2 is 1.74 bits per heavy atom. The van der Waals surface area contributed by atoms with Crippen molar-refractivity contribution in [2.24, 2.45) is 29.4 Å². The molecule has 3 saturated heterocycles. The van der Waals surface area contributed by atoms with E-state index in [1.165, 1.54) is 37.0 Å². The zero-order valence-electron chi connectivity index (χ0n) is 24.4. The predicted molar refractivity (Wildman–Crippen MR) is 149 cm³/mol. The highest BCUT2D eigenvalue weighted by molar-refractivity contribution is 5.83. The molecular weight excluding hydrogens is 494 g/mol. The second kappa shape index (κ2) is 13.6. The van der Waals surface area contributed by atoms with Crippen molar-refractivity contribution in [2.45, 2.75) is 121 Å². The lowest BCUT2D eigenvalue weighted by atomic mass is 9.79. The minimum Gasteiger partial charge on any atom is -0.379 e. The van der Waals surface area contributed by atoms with Crippen molar-refractivity contribution in [2.75, 3.05) is 33.9 Å². The number of nitrogens with one attached hydrogen (secondary N) is 3. The van der Waals surface area contributed by atoms with Gasteiger partial charge >= 0.3 is 0 Å². The maximum Gasteiger partial charge on any atom is 0.234 e. The number of fused-ring (bicyclic) bond motifs is 2. The third-order valence-electron chi connectivity index (χ3n) is 10.8. The number of nitrogens with zero attached hydrogens (tertiary/aromatic N) is 1. The maximum absolute atomic E-state index is 13.7. The third-order valence-corrected chi connectivity index (χ3v) is 10.8. The molecule has 9 atom stereocenters. The fraction of sp³-hybridized carbons (Fsp3) is 0.933. The quantitative estimate of drug-likeness (QED) is 0.347. The van der Waals surface area contributed by atoms with Gasteiger partial charge in [0, 0.05) is 27.3 Å². The zero-order chi connectivity index (χ0) is 27.4. The van der Waals surface area contributed by atoms with Crippen molar-refractivity contribution in [3.8, 4) is 0 Å². The molecule has 39 heavy (non-hydrogen) atoms. The van der Waals surface area contributed by atoms with Gasteiger partial charge in [-0.2, -0.15) is 0 Å². The first-order chi connectivity index (χ1) is 19.0. The molecule has 9 heteroatoms. The van der Waals surface area contributed by atoms with E-state index in [-0.39, 0.29) is 54.4 Å². The van der Waals surface area contributed by atoms with E-state index in [1.54, 1.807) is 14.2 Å². The minimum absolute atomic E-state index is 0.0152. The van der Waals surface area contributed by atoms with Crippen LogP contribution in [0, 0.1) is 23.7 Å². The van der Waals surface area contributed by atoms with Crippen LogP contribution in [0.1, 0.15) is 89.9 Å². The van der Waals surface area contributed by atoms with Gasteiger partial charge in [0.1, 0.15) is 11.8 Å². The number of likely N-dealkylation sites (tertiary alicyclic amines) is 1. The van der Waals surface area contributed by atoms with Crippen LogP contribution in [0.3, 0.4) is 0 Å². The SMILES string of the molecule is COC1CCC(CCNC(=O)C2CC3C(=O)N4CCCCC4NC3[NH+](CCC3CCCCC3)C2N)CC1OC. The molecule has 2 amide bonds. The molecule has 0 aromatic carbocycles. The number of amides is 2. The van der Waals surface area contributed by atoms with Gasteiger partial charge in [-0.15, -0.1) is 0 Å². The summed E-state index contributed by atoms with van der Waals surface area (Å²) in [6.45, 7) is 2.41. The van der Waals surface area contributed by atoms with Crippen molar-refractivity contribution in [3.63, 3.8) is 0 Å². The van der Waals surface area contributed by atoms with E-state index in [4.69, 9.17) is 15.2 Å². The molecule has 2 aliphatic carbocycles. The normalized spacial score (nSPS) is 39.6. The first-order valence-electron chi connectivity index (χ1n) is 16.0. The molecule has 5 aliphatic rings. The monoisotopic (exact) mass is 548 g/mol. The lowest BCUT2D eigenvalue weighted by molar-refractivity contribution is -0.965. The molecule has 0 aromatic rings. The van der Waals surface area contributed by atoms with Gasteiger partial charge in [-0.05, 0) is 69.6 Å². The Labute approximate surface area is 235 Å². The summed E-state index contributed by atoms with van der Waals surface area (Å²) in [5, 5.41) is 7.09. The average molecular weight is 549 g/mol. The van der Waals surface area contributed by atoms with Crippen LogP contribution < -0.4 is 21.3 Å². The zero-order valence-corrected chi connectivity index (χ0v) is 24.4. The molecule has 222 valence electrons. The molecule has 0 aromatic heterocycles. The van der Waals surface area contributed by atoms with Crippen LogP contribution in [0.4, 0.5) is 0 Å². The summed E-state index contributed by atoms with van der Waals surface area (Å²) in [7, 11) is 3.52. The van der Waals surface area contributed by atoms with Gasteiger partial charge in [0.05, 0.1) is 24.9 Å². The molecule has 5 fully saturated rings. The van der Waals surface area contributed by atoms with Crippen LogP contribution in [0.15, 0.2) is 0 Å². The van der Waals surface area contributed by atoms with Gasteiger partial charge in [-0.3, -0.25) is 15.3 Å². The van der Waals surface area contributed by atoms with E-state index in [0.717, 1.165) is 70.4 Å². The Morgan fingerprint density at radius 1 is 0.974 bits per heavy atom. The first-order valence-corrected chi connectivity index (χ1v) is 16.0. The highest BCUT2D eigenvalue weighted by atomic mass is 16.5. The van der Waals surface area contributed by atoms with E-state index in [1.807, 2.05) is 0 Å². The van der Waals surface area contributed by atoms with E-state index in [2.05, 4.69) is 15.5 Å². The molecule has 3 heterocycles. The number of ether oxygens (including phenoxy) is 2. The number of hydrogen-bond acceptors (Lipinski definition) is 6. The number of carbonyl (C=O) groups excluding carboxylic acids is 2. The second-order valence-electron chi connectivity index (χ2n) is 13.1. The van der Waals surface area contributed by atoms with Gasteiger partial charge in [0.15, 0.2) is 12.3 Å². The van der Waals surface area contributed by atoms with Crippen molar-refractivity contribution < 1.29 is 24.0 Å². The topological polar surface area (TPSA) is 110 Å². The molecule has 3 aliphatic heterocycles. The number of nitrogens with two attached hydrogens (primary N) is 1. The Kier molecular flexibility index (Phi) is 10.2. The van der Waals surface area contributed by atoms with Gasteiger partial charge < -0.3 is 24.6 Å². The molecule has 2 saturated carbocycles. The van der Waals surface area contributed by atoms with Crippen molar-refractivity contribution in [1.82, 2.24) is 15.5 Å². The number of hydrogen-bond donors (Lipinski definition) is 4. The molecule has 0 spiro atoms. The summed E-state index contributed by atoms with van der Waals surface area (Å²) in [6, 6.07) is 0. The number of quaternary nitrogens is 1. The summed E-state index contributed by atoms with van der Waals surface area (Å²) >= 11 is 0. The van der Waals surface area contributed by atoms with Crippen LogP contribution in [-0.2, 0) is 19.1 Å². The van der Waals surface area contributed by atoms with Crippen LogP contribution in [0.2, 0.25) is 0 Å². The van der Waals surface area contributed by atoms with Crippen molar-refractivity contribution in [1.29, 1.82) is 0 Å². The molecule has 5 rings (SSSR count). The third kappa shape index (κ3) is 6.64. The van der Waals surface area contributed by atoms with E-state index >= 15 is 0 Å². The summed E-state index contributed by atoms with van der Waals surface area (Å²) in [5.41, 5.74) is 6.95. The first kappa shape index (κ1) is 29.2. The van der Waals surface area contributed by atoms with Gasteiger partial charge in [-0.1, -0.05) is 32.1 Å². The van der Waals surface area contributed by atoms with E-state index < -0.39 is 0 Å². The van der Waals surface area contributed by atoms with Gasteiger partial charge in [-0.25, -0.2) is 5.32 Å². The summed E-state index contributed by atoms with van der Waals surface area (Å²) in [6.07, 6.45) is 15.7. The fourth-order valence-electron chi connectivity index (χ4n) is 8.47. The number of methoxy groups -OCH3 is 2. The predicted octanol–water partition coefficient (Wildman–Crippen LogP) is 1.37. The molecule has 9 unspecified atom stereocenters. The summed E-state index contributed by atoms with van der Waals surface area (Å²) in [5.74, 6) is 1.02. The fourth-order valence-corrected chi connectivity index (χ4v) is 8.47. The minimum atomic E-state index is -0.337. The van der Waals surface area contributed by atoms with Crippen LogP contribution in [0.5, 0.6) is 0 Å².